The molecule has 2 N–H and O–H groups in total. The molecule has 0 aromatic heterocycles. The topological polar surface area (TPSA) is 35.5 Å². The van der Waals surface area contributed by atoms with Crippen molar-refractivity contribution in [2.75, 3.05) is 13.1 Å². The van der Waals surface area contributed by atoms with E-state index in [0.717, 1.165) is 67.3 Å². The minimum Gasteiger partial charge on any atom is -0.391 e. The number of nitrogens with zero attached hydrogens (tertiary/aromatic N) is 1. The van der Waals surface area contributed by atoms with Gasteiger partial charge in [-0.05, 0) is 44.2 Å². The summed E-state index contributed by atoms with van der Waals surface area (Å²) in [5, 5.41) is 15.1. The fraction of sp³-hybridized carbons (Fsp3) is 0.647. The van der Waals surface area contributed by atoms with Gasteiger partial charge in [0.2, 0.25) is 0 Å². The average Bonchev–Trinajstić information content (AvgIpc) is 2.93. The van der Waals surface area contributed by atoms with E-state index >= 15 is 0 Å². The molecule has 5 heteroatoms. The van der Waals surface area contributed by atoms with E-state index in [1.165, 1.54) is 0 Å². The van der Waals surface area contributed by atoms with Gasteiger partial charge in [-0.15, -0.1) is 0 Å². The van der Waals surface area contributed by atoms with E-state index in [0.29, 0.717) is 12.1 Å². The Morgan fingerprint density at radius 2 is 1.77 bits per heavy atom. The highest BCUT2D eigenvalue weighted by molar-refractivity contribution is 6.35. The van der Waals surface area contributed by atoms with Crippen molar-refractivity contribution in [1.29, 1.82) is 0 Å². The molecule has 122 valence electrons. The third-order valence-electron chi connectivity index (χ3n) is 5.07. The van der Waals surface area contributed by atoms with Crippen molar-refractivity contribution in [2.45, 2.75) is 56.8 Å². The Bertz CT molecular complexity index is 483. The number of hydrogen-bond acceptors (Lipinski definition) is 3. The normalized spacial score (nSPS) is 27.4. The smallest absolute Gasteiger partial charge is 0.0695 e. The quantitative estimate of drug-likeness (QED) is 0.879. The molecule has 1 aromatic carbocycles. The number of likely N-dealkylation sites (tertiary alicyclic amines) is 1. The van der Waals surface area contributed by atoms with E-state index in [9.17, 15) is 5.11 Å². The summed E-state index contributed by atoms with van der Waals surface area (Å²) in [6, 6.07) is 6.53. The highest BCUT2D eigenvalue weighted by Gasteiger charge is 2.32. The van der Waals surface area contributed by atoms with Crippen molar-refractivity contribution in [3.05, 3.63) is 33.8 Å². The molecule has 22 heavy (non-hydrogen) atoms. The van der Waals surface area contributed by atoms with E-state index in [-0.39, 0.29) is 6.10 Å². The summed E-state index contributed by atoms with van der Waals surface area (Å²) in [5.41, 5.74) is 0.986. The number of nitrogens with one attached hydrogen (secondary N) is 1. The molecular formula is C17H24Cl2N2O. The number of rotatable bonds is 4. The number of aliphatic hydroxyl groups is 1. The molecule has 3 nitrogen and oxygen atoms in total. The summed E-state index contributed by atoms with van der Waals surface area (Å²) in [6.45, 7) is 2.85. The predicted molar refractivity (Wildman–Crippen MR) is 91.5 cm³/mol. The Balaban J connectivity index is 1.48. The molecule has 2 aliphatic rings. The molecule has 1 aliphatic heterocycles. The SMILES string of the molecule is O[C@H]1CCC[C@H]1N1CCC(NCc2c(Cl)cccc2Cl)CC1. The minimum atomic E-state index is -0.119. The van der Waals surface area contributed by atoms with Crippen LogP contribution >= 0.6 is 23.2 Å². The van der Waals surface area contributed by atoms with E-state index in [1.807, 2.05) is 18.2 Å². The Kier molecular flexibility index (Phi) is 5.64. The lowest BCUT2D eigenvalue weighted by molar-refractivity contribution is 0.0526. The second kappa shape index (κ2) is 7.50. The first-order valence-electron chi connectivity index (χ1n) is 8.23. The Labute approximate surface area is 142 Å². The summed E-state index contributed by atoms with van der Waals surface area (Å²) in [6.07, 6.45) is 5.39. The minimum absolute atomic E-state index is 0.119. The van der Waals surface area contributed by atoms with Gasteiger partial charge in [0.25, 0.3) is 0 Å². The third-order valence-corrected chi connectivity index (χ3v) is 5.78. The second-order valence-corrected chi connectivity index (χ2v) is 7.27. The van der Waals surface area contributed by atoms with E-state index in [1.54, 1.807) is 0 Å². The standard InChI is InChI=1S/C17H24Cl2N2O/c18-14-3-1-4-15(19)13(14)11-20-12-7-9-21(10-8-12)16-5-2-6-17(16)22/h1,3-4,12,16-17,20,22H,2,5-11H2/t16-,17+/m1/s1. The summed E-state index contributed by atoms with van der Waals surface area (Å²) in [4.78, 5) is 2.47. The van der Waals surface area contributed by atoms with Crippen LogP contribution in [0.4, 0.5) is 0 Å². The molecule has 0 radical (unpaired) electrons. The molecule has 2 fully saturated rings. The van der Waals surface area contributed by atoms with E-state index in [2.05, 4.69) is 10.2 Å². The largest absolute Gasteiger partial charge is 0.391 e. The van der Waals surface area contributed by atoms with Gasteiger partial charge in [0.1, 0.15) is 0 Å². The molecule has 3 rings (SSSR count). The highest BCUT2D eigenvalue weighted by Crippen LogP contribution is 2.27. The molecule has 0 unspecified atom stereocenters. The Morgan fingerprint density at radius 3 is 2.36 bits per heavy atom. The zero-order valence-electron chi connectivity index (χ0n) is 12.8. The maximum absolute atomic E-state index is 10.0. The maximum atomic E-state index is 10.0. The molecule has 0 spiro atoms. The van der Waals surface area contributed by atoms with Crippen molar-refractivity contribution in [3.8, 4) is 0 Å². The maximum Gasteiger partial charge on any atom is 0.0695 e. The first-order valence-corrected chi connectivity index (χ1v) is 8.99. The zero-order valence-corrected chi connectivity index (χ0v) is 14.3. The summed E-state index contributed by atoms with van der Waals surface area (Å²) in [5.74, 6) is 0. The van der Waals surface area contributed by atoms with Crippen LogP contribution in [0.5, 0.6) is 0 Å². The van der Waals surface area contributed by atoms with Gasteiger partial charge in [-0.2, -0.15) is 0 Å². The first-order chi connectivity index (χ1) is 10.6. The lowest BCUT2D eigenvalue weighted by Crippen LogP contribution is -2.48. The van der Waals surface area contributed by atoms with Crippen LogP contribution in [0.1, 0.15) is 37.7 Å². The van der Waals surface area contributed by atoms with Crippen molar-refractivity contribution in [1.82, 2.24) is 10.2 Å². The van der Waals surface area contributed by atoms with Gasteiger partial charge in [-0.3, -0.25) is 4.90 Å². The van der Waals surface area contributed by atoms with Crippen LogP contribution in [-0.2, 0) is 6.54 Å². The molecule has 0 amide bonds. The number of hydrogen-bond donors (Lipinski definition) is 2. The van der Waals surface area contributed by atoms with E-state index < -0.39 is 0 Å². The second-order valence-electron chi connectivity index (χ2n) is 6.46. The number of piperidine rings is 1. The molecule has 1 saturated carbocycles. The van der Waals surface area contributed by atoms with Crippen LogP contribution in [0.2, 0.25) is 10.0 Å². The molecule has 1 saturated heterocycles. The summed E-state index contributed by atoms with van der Waals surface area (Å²) < 4.78 is 0. The van der Waals surface area contributed by atoms with Crippen molar-refractivity contribution in [3.63, 3.8) is 0 Å². The monoisotopic (exact) mass is 342 g/mol. The van der Waals surface area contributed by atoms with Crippen LogP contribution in [0.3, 0.4) is 0 Å². The van der Waals surface area contributed by atoms with Gasteiger partial charge in [0.15, 0.2) is 0 Å². The fourth-order valence-corrected chi connectivity index (χ4v) is 4.26. The lowest BCUT2D eigenvalue weighted by atomic mass is 10.0. The van der Waals surface area contributed by atoms with Crippen LogP contribution in [0.15, 0.2) is 18.2 Å². The summed E-state index contributed by atoms with van der Waals surface area (Å²) in [7, 11) is 0. The average molecular weight is 343 g/mol. The van der Waals surface area contributed by atoms with Crippen LogP contribution in [0.25, 0.3) is 0 Å². The molecule has 1 aromatic rings. The Hall–Kier alpha value is -0.320. The fourth-order valence-electron chi connectivity index (χ4n) is 3.73. The number of benzene rings is 1. The molecule has 0 bridgehead atoms. The van der Waals surface area contributed by atoms with E-state index in [4.69, 9.17) is 23.2 Å². The Morgan fingerprint density at radius 1 is 1.09 bits per heavy atom. The van der Waals surface area contributed by atoms with Gasteiger partial charge in [-0.1, -0.05) is 29.3 Å². The predicted octanol–water partition coefficient (Wildman–Crippen LogP) is 3.46. The highest BCUT2D eigenvalue weighted by atomic mass is 35.5. The zero-order chi connectivity index (χ0) is 15.5. The van der Waals surface area contributed by atoms with Gasteiger partial charge in [-0.25, -0.2) is 0 Å². The number of aliphatic hydroxyl groups excluding tert-OH is 1. The van der Waals surface area contributed by atoms with Gasteiger partial charge >= 0.3 is 0 Å². The molecule has 2 atom stereocenters. The van der Waals surface area contributed by atoms with Crippen molar-refractivity contribution in [2.24, 2.45) is 0 Å². The van der Waals surface area contributed by atoms with Crippen LogP contribution < -0.4 is 5.32 Å². The van der Waals surface area contributed by atoms with Gasteiger partial charge in [0.05, 0.1) is 6.10 Å². The third kappa shape index (κ3) is 3.77. The number of halogens is 2. The van der Waals surface area contributed by atoms with Gasteiger partial charge in [0, 0.05) is 47.3 Å². The van der Waals surface area contributed by atoms with Crippen LogP contribution in [0, 0.1) is 0 Å². The first kappa shape index (κ1) is 16.5. The van der Waals surface area contributed by atoms with Gasteiger partial charge < -0.3 is 10.4 Å². The summed E-state index contributed by atoms with van der Waals surface area (Å²) >= 11 is 12.4. The van der Waals surface area contributed by atoms with Crippen molar-refractivity contribution < 1.29 is 5.11 Å². The molecule has 1 aliphatic carbocycles. The molecule has 1 heterocycles. The lowest BCUT2D eigenvalue weighted by Gasteiger charge is -2.37. The van der Waals surface area contributed by atoms with Crippen LogP contribution in [-0.4, -0.2) is 41.3 Å². The van der Waals surface area contributed by atoms with Crippen molar-refractivity contribution >= 4 is 23.2 Å². The molecular weight excluding hydrogens is 319 g/mol.